The van der Waals surface area contributed by atoms with Crippen LogP contribution in [0.2, 0.25) is 0 Å². The van der Waals surface area contributed by atoms with Crippen molar-refractivity contribution < 1.29 is 14.4 Å². The van der Waals surface area contributed by atoms with E-state index in [0.29, 0.717) is 6.54 Å². The van der Waals surface area contributed by atoms with E-state index in [-0.39, 0.29) is 17.0 Å². The SMILES string of the molecule is Br.COc1ccc(N2C3=[N+](CCCCC3)CC2(O)c2ccc(-c3ccccc3)cc2)cc1. The number of amidine groups is 1. The molecule has 1 unspecified atom stereocenters. The van der Waals surface area contributed by atoms with Crippen molar-refractivity contribution >= 4 is 28.5 Å². The first-order valence-corrected chi connectivity index (χ1v) is 11.1. The van der Waals surface area contributed by atoms with Crippen molar-refractivity contribution in [2.75, 3.05) is 25.1 Å². The molecular formula is C27H30BrN2O2+. The van der Waals surface area contributed by atoms with Gasteiger partial charge in [-0.1, -0.05) is 54.6 Å². The molecule has 0 bridgehead atoms. The maximum absolute atomic E-state index is 12.1. The normalized spacial score (nSPS) is 20.4. The van der Waals surface area contributed by atoms with Crippen LogP contribution < -0.4 is 9.64 Å². The van der Waals surface area contributed by atoms with E-state index in [4.69, 9.17) is 4.74 Å². The van der Waals surface area contributed by atoms with E-state index in [2.05, 4.69) is 58.0 Å². The van der Waals surface area contributed by atoms with Gasteiger partial charge in [-0.05, 0) is 54.7 Å². The standard InChI is InChI=1S/C27H29N2O2.BrH/c1-31-25-17-15-24(16-18-25)29-26-10-6-3-7-19-28(26)20-27(29,30)23-13-11-22(12-14-23)21-8-4-2-5-9-21;/h2,4-5,8-9,11-18,30H,3,6-7,10,19-20H2,1H3;1H/q+1;. The fourth-order valence-corrected chi connectivity index (χ4v) is 4.90. The molecule has 0 radical (unpaired) electrons. The van der Waals surface area contributed by atoms with Gasteiger partial charge in [-0.2, -0.15) is 4.90 Å². The Hall–Kier alpha value is -2.63. The van der Waals surface area contributed by atoms with Crippen LogP contribution in [0.3, 0.4) is 0 Å². The maximum Gasteiger partial charge on any atom is 0.275 e. The van der Waals surface area contributed by atoms with Crippen molar-refractivity contribution in [1.29, 1.82) is 0 Å². The van der Waals surface area contributed by atoms with Gasteiger partial charge >= 0.3 is 0 Å². The number of benzene rings is 3. The number of methoxy groups -OCH3 is 1. The Morgan fingerprint density at radius 1 is 0.844 bits per heavy atom. The number of hydrogen-bond donors (Lipinski definition) is 1. The molecule has 5 rings (SSSR count). The zero-order valence-corrected chi connectivity index (χ0v) is 20.1. The molecule has 2 aliphatic rings. The lowest BCUT2D eigenvalue weighted by molar-refractivity contribution is -0.534. The summed E-state index contributed by atoms with van der Waals surface area (Å²) < 4.78 is 7.73. The average Bonchev–Trinajstić information content (AvgIpc) is 2.95. The second-order valence-electron chi connectivity index (χ2n) is 8.44. The zero-order valence-electron chi connectivity index (χ0n) is 18.4. The van der Waals surface area contributed by atoms with Gasteiger partial charge in [0.1, 0.15) is 11.4 Å². The van der Waals surface area contributed by atoms with Crippen LogP contribution in [0, 0.1) is 0 Å². The monoisotopic (exact) mass is 493 g/mol. The van der Waals surface area contributed by atoms with Crippen molar-refractivity contribution in [3.8, 4) is 16.9 Å². The second kappa shape index (κ2) is 9.47. The van der Waals surface area contributed by atoms with Gasteiger partial charge in [0.15, 0.2) is 6.54 Å². The number of nitrogens with zero attached hydrogens (tertiary/aromatic N) is 2. The van der Waals surface area contributed by atoms with Crippen LogP contribution in [0.5, 0.6) is 5.75 Å². The Morgan fingerprint density at radius 3 is 2.22 bits per heavy atom. The Balaban J connectivity index is 0.00000245. The van der Waals surface area contributed by atoms with E-state index >= 15 is 0 Å². The highest BCUT2D eigenvalue weighted by Gasteiger charge is 2.54. The second-order valence-corrected chi connectivity index (χ2v) is 8.44. The van der Waals surface area contributed by atoms with Crippen LogP contribution >= 0.6 is 17.0 Å². The van der Waals surface area contributed by atoms with Crippen LogP contribution in [-0.2, 0) is 5.72 Å². The first kappa shape index (κ1) is 22.6. The van der Waals surface area contributed by atoms with Crippen LogP contribution in [0.4, 0.5) is 5.69 Å². The largest absolute Gasteiger partial charge is 0.497 e. The molecule has 2 heterocycles. The molecule has 0 amide bonds. The smallest absolute Gasteiger partial charge is 0.275 e. The molecule has 4 nitrogen and oxygen atoms in total. The van der Waals surface area contributed by atoms with Crippen molar-refractivity contribution in [3.05, 3.63) is 84.4 Å². The molecule has 0 saturated carbocycles. The average molecular weight is 494 g/mol. The minimum atomic E-state index is -1.10. The van der Waals surface area contributed by atoms with E-state index < -0.39 is 5.72 Å². The number of ether oxygens (including phenoxy) is 1. The molecule has 32 heavy (non-hydrogen) atoms. The van der Waals surface area contributed by atoms with Gasteiger partial charge in [-0.15, -0.1) is 17.0 Å². The number of hydrogen-bond acceptors (Lipinski definition) is 3. The summed E-state index contributed by atoms with van der Waals surface area (Å²) in [4.78, 5) is 2.15. The molecule has 1 atom stereocenters. The fourth-order valence-electron chi connectivity index (χ4n) is 4.90. The third-order valence-corrected chi connectivity index (χ3v) is 6.52. The molecule has 3 aromatic carbocycles. The first-order chi connectivity index (χ1) is 15.2. The van der Waals surface area contributed by atoms with E-state index in [1.807, 2.05) is 30.3 Å². The number of halogens is 1. The van der Waals surface area contributed by atoms with Gasteiger partial charge in [0.2, 0.25) is 0 Å². The lowest BCUT2D eigenvalue weighted by Gasteiger charge is -2.29. The van der Waals surface area contributed by atoms with Crippen LogP contribution in [-0.4, -0.2) is 35.7 Å². The molecule has 0 saturated heterocycles. The van der Waals surface area contributed by atoms with Gasteiger partial charge in [-0.3, -0.25) is 4.58 Å². The van der Waals surface area contributed by atoms with E-state index in [1.165, 1.54) is 24.2 Å². The summed E-state index contributed by atoms with van der Waals surface area (Å²) in [5.41, 5.74) is 3.15. The van der Waals surface area contributed by atoms with E-state index in [0.717, 1.165) is 42.0 Å². The quantitative estimate of drug-likeness (QED) is 0.481. The maximum atomic E-state index is 12.1. The Labute approximate surface area is 200 Å². The predicted octanol–water partition coefficient (Wildman–Crippen LogP) is 5.59. The Bertz CT molecular complexity index is 1080. The predicted molar refractivity (Wildman–Crippen MR) is 135 cm³/mol. The molecule has 0 aliphatic carbocycles. The van der Waals surface area contributed by atoms with Crippen LogP contribution in [0.15, 0.2) is 78.9 Å². The van der Waals surface area contributed by atoms with Gasteiger partial charge in [-0.25, -0.2) is 0 Å². The number of aliphatic hydroxyl groups is 1. The summed E-state index contributed by atoms with van der Waals surface area (Å²) in [6.45, 7) is 1.57. The number of rotatable bonds is 4. The highest BCUT2D eigenvalue weighted by atomic mass is 79.9. The molecule has 5 heteroatoms. The highest BCUT2D eigenvalue weighted by Crippen LogP contribution is 2.39. The topological polar surface area (TPSA) is 35.7 Å². The summed E-state index contributed by atoms with van der Waals surface area (Å²) in [5.74, 6) is 2.04. The molecule has 166 valence electrons. The Morgan fingerprint density at radius 2 is 1.53 bits per heavy atom. The van der Waals surface area contributed by atoms with Gasteiger partial charge in [0.25, 0.3) is 11.6 Å². The van der Waals surface area contributed by atoms with Crippen LogP contribution in [0.1, 0.15) is 31.2 Å². The molecule has 2 aliphatic heterocycles. The summed E-state index contributed by atoms with van der Waals surface area (Å²) in [7, 11) is 1.68. The molecule has 0 spiro atoms. The fraction of sp³-hybridized carbons (Fsp3) is 0.296. The Kier molecular flexibility index (Phi) is 6.68. The van der Waals surface area contributed by atoms with Crippen LogP contribution in [0.25, 0.3) is 11.1 Å². The lowest BCUT2D eigenvalue weighted by Crippen LogP contribution is -2.47. The summed E-state index contributed by atoms with van der Waals surface area (Å²) in [6.07, 6.45) is 4.54. The third-order valence-electron chi connectivity index (χ3n) is 6.52. The molecule has 1 N–H and O–H groups in total. The summed E-state index contributed by atoms with van der Waals surface area (Å²) >= 11 is 0. The zero-order chi connectivity index (χ0) is 21.3. The summed E-state index contributed by atoms with van der Waals surface area (Å²) in [5, 5.41) is 12.1. The van der Waals surface area contributed by atoms with Crippen molar-refractivity contribution in [2.45, 2.75) is 31.4 Å². The van der Waals surface area contributed by atoms with E-state index in [1.54, 1.807) is 7.11 Å². The van der Waals surface area contributed by atoms with Gasteiger partial charge in [0, 0.05) is 12.0 Å². The van der Waals surface area contributed by atoms with Gasteiger partial charge in [0.05, 0.1) is 13.7 Å². The molecule has 0 aromatic heterocycles. The van der Waals surface area contributed by atoms with Crippen molar-refractivity contribution in [2.24, 2.45) is 0 Å². The molecule has 3 aromatic rings. The highest BCUT2D eigenvalue weighted by molar-refractivity contribution is 8.93. The van der Waals surface area contributed by atoms with Crippen molar-refractivity contribution in [1.82, 2.24) is 0 Å². The molecular weight excluding hydrogens is 464 g/mol. The lowest BCUT2D eigenvalue weighted by atomic mass is 9.96. The number of anilines is 1. The minimum Gasteiger partial charge on any atom is -0.497 e. The minimum absolute atomic E-state index is 0. The van der Waals surface area contributed by atoms with E-state index in [9.17, 15) is 5.11 Å². The van der Waals surface area contributed by atoms with Crippen molar-refractivity contribution in [3.63, 3.8) is 0 Å². The third kappa shape index (κ3) is 4.07. The van der Waals surface area contributed by atoms with Gasteiger partial charge < -0.3 is 9.84 Å². The summed E-state index contributed by atoms with van der Waals surface area (Å²) in [6, 6.07) is 26.8. The molecule has 0 fully saturated rings. The first-order valence-electron chi connectivity index (χ1n) is 11.1.